The SMILES string of the molecule is COc1ccc(CNC(=O)[C@@H](C)Sc2nnc(Nc3cccc(Cl)c3C)s2)cc1. The van der Waals surface area contributed by atoms with Crippen molar-refractivity contribution in [2.45, 2.75) is 30.0 Å². The summed E-state index contributed by atoms with van der Waals surface area (Å²) in [5.41, 5.74) is 2.84. The number of methoxy groups -OCH3 is 1. The van der Waals surface area contributed by atoms with Crippen LogP contribution in [0.15, 0.2) is 46.8 Å². The first kappa shape index (κ1) is 21.4. The highest BCUT2D eigenvalue weighted by atomic mass is 35.5. The third kappa shape index (κ3) is 5.85. The van der Waals surface area contributed by atoms with E-state index in [-0.39, 0.29) is 11.2 Å². The molecule has 3 rings (SSSR count). The van der Waals surface area contributed by atoms with Crippen molar-refractivity contribution in [2.75, 3.05) is 12.4 Å². The number of hydrogen-bond donors (Lipinski definition) is 2. The molecule has 9 heteroatoms. The summed E-state index contributed by atoms with van der Waals surface area (Å²) in [5, 5.41) is 15.5. The van der Waals surface area contributed by atoms with Gasteiger partial charge in [-0.15, -0.1) is 10.2 Å². The lowest BCUT2D eigenvalue weighted by atomic mass is 10.2. The smallest absolute Gasteiger partial charge is 0.233 e. The number of hydrogen-bond acceptors (Lipinski definition) is 7. The molecule has 29 heavy (non-hydrogen) atoms. The number of nitrogens with one attached hydrogen (secondary N) is 2. The molecule has 1 aromatic heterocycles. The molecule has 1 amide bonds. The summed E-state index contributed by atoms with van der Waals surface area (Å²) in [5.74, 6) is 0.735. The molecule has 0 fully saturated rings. The minimum absolute atomic E-state index is 0.0544. The van der Waals surface area contributed by atoms with Crippen molar-refractivity contribution in [3.05, 3.63) is 58.6 Å². The van der Waals surface area contributed by atoms with Crippen molar-refractivity contribution in [1.29, 1.82) is 0 Å². The lowest BCUT2D eigenvalue weighted by Gasteiger charge is -2.10. The molecule has 152 valence electrons. The molecule has 0 spiro atoms. The van der Waals surface area contributed by atoms with Crippen LogP contribution >= 0.6 is 34.7 Å². The molecule has 0 unspecified atom stereocenters. The highest BCUT2D eigenvalue weighted by Crippen LogP contribution is 2.32. The number of thioether (sulfide) groups is 1. The lowest BCUT2D eigenvalue weighted by molar-refractivity contribution is -0.120. The van der Waals surface area contributed by atoms with Gasteiger partial charge in [0.1, 0.15) is 5.75 Å². The second-order valence-electron chi connectivity index (χ2n) is 6.24. The fraction of sp³-hybridized carbons (Fsp3) is 0.250. The van der Waals surface area contributed by atoms with E-state index in [0.29, 0.717) is 16.7 Å². The van der Waals surface area contributed by atoms with Gasteiger partial charge in [0.15, 0.2) is 4.34 Å². The van der Waals surface area contributed by atoms with Gasteiger partial charge in [-0.3, -0.25) is 4.79 Å². The third-order valence-electron chi connectivity index (χ3n) is 4.19. The maximum atomic E-state index is 12.4. The number of amides is 1. The van der Waals surface area contributed by atoms with E-state index < -0.39 is 0 Å². The number of ether oxygens (including phenoxy) is 1. The fourth-order valence-corrected chi connectivity index (χ4v) is 4.55. The van der Waals surface area contributed by atoms with Gasteiger partial charge in [0, 0.05) is 17.3 Å². The van der Waals surface area contributed by atoms with Gasteiger partial charge in [0.2, 0.25) is 11.0 Å². The van der Waals surface area contributed by atoms with Crippen LogP contribution in [0.3, 0.4) is 0 Å². The van der Waals surface area contributed by atoms with Gasteiger partial charge in [0.25, 0.3) is 0 Å². The maximum Gasteiger partial charge on any atom is 0.233 e. The standard InChI is InChI=1S/C20H21ClN4O2S2/c1-12-16(21)5-4-6-17(12)23-19-24-25-20(29-19)28-13(2)18(26)22-11-14-7-9-15(27-3)10-8-14/h4-10,13H,11H2,1-3H3,(H,22,26)(H,23,24)/t13-/m1/s1. The van der Waals surface area contributed by atoms with Crippen LogP contribution in [-0.2, 0) is 11.3 Å². The average Bonchev–Trinajstić information content (AvgIpc) is 3.16. The van der Waals surface area contributed by atoms with Gasteiger partial charge in [-0.2, -0.15) is 0 Å². The first-order valence-electron chi connectivity index (χ1n) is 8.89. The zero-order valence-corrected chi connectivity index (χ0v) is 18.6. The first-order valence-corrected chi connectivity index (χ1v) is 11.0. The fourth-order valence-electron chi connectivity index (χ4n) is 2.45. The van der Waals surface area contributed by atoms with Crippen LogP contribution < -0.4 is 15.4 Å². The number of nitrogens with zero attached hydrogens (tertiary/aromatic N) is 2. The van der Waals surface area contributed by atoms with Crippen LogP contribution in [0.4, 0.5) is 10.8 Å². The second kappa shape index (κ2) is 9.96. The van der Waals surface area contributed by atoms with E-state index in [4.69, 9.17) is 16.3 Å². The molecule has 0 aliphatic heterocycles. The van der Waals surface area contributed by atoms with Crippen LogP contribution in [0, 0.1) is 6.92 Å². The molecular formula is C20H21ClN4O2S2. The van der Waals surface area contributed by atoms with Crippen molar-refractivity contribution < 1.29 is 9.53 Å². The van der Waals surface area contributed by atoms with Crippen molar-refractivity contribution >= 4 is 51.4 Å². The zero-order valence-electron chi connectivity index (χ0n) is 16.2. The second-order valence-corrected chi connectivity index (χ2v) is 9.21. The average molecular weight is 449 g/mol. The monoisotopic (exact) mass is 448 g/mol. The van der Waals surface area contributed by atoms with E-state index in [1.54, 1.807) is 7.11 Å². The third-order valence-corrected chi connectivity index (χ3v) is 6.62. The van der Waals surface area contributed by atoms with Crippen LogP contribution in [-0.4, -0.2) is 28.5 Å². The number of anilines is 2. The molecule has 0 bridgehead atoms. The number of carbonyl (C=O) groups is 1. The van der Waals surface area contributed by atoms with Crippen molar-refractivity contribution in [3.8, 4) is 5.75 Å². The molecule has 2 aromatic carbocycles. The van der Waals surface area contributed by atoms with Crippen LogP contribution in [0.2, 0.25) is 5.02 Å². The van der Waals surface area contributed by atoms with Gasteiger partial charge >= 0.3 is 0 Å². The minimum atomic E-state index is -0.290. The molecule has 6 nitrogen and oxygen atoms in total. The van der Waals surface area contributed by atoms with Crippen molar-refractivity contribution in [2.24, 2.45) is 0 Å². The Labute approximate surface area is 183 Å². The Bertz CT molecular complexity index is 979. The number of carbonyl (C=O) groups excluding carboxylic acids is 1. The van der Waals surface area contributed by atoms with Gasteiger partial charge in [-0.05, 0) is 49.2 Å². The van der Waals surface area contributed by atoms with Gasteiger partial charge < -0.3 is 15.4 Å². The molecule has 0 saturated carbocycles. The minimum Gasteiger partial charge on any atom is -0.497 e. The van der Waals surface area contributed by atoms with Crippen molar-refractivity contribution in [1.82, 2.24) is 15.5 Å². The first-order chi connectivity index (χ1) is 14.0. The summed E-state index contributed by atoms with van der Waals surface area (Å²) in [7, 11) is 1.63. The Hall–Kier alpha value is -2.29. The van der Waals surface area contributed by atoms with E-state index in [1.807, 2.05) is 56.3 Å². The normalized spacial score (nSPS) is 11.7. The Morgan fingerprint density at radius 3 is 2.72 bits per heavy atom. The molecule has 1 atom stereocenters. The maximum absolute atomic E-state index is 12.4. The predicted octanol–water partition coefficient (Wildman–Crippen LogP) is 5.05. The van der Waals surface area contributed by atoms with Crippen molar-refractivity contribution in [3.63, 3.8) is 0 Å². The summed E-state index contributed by atoms with van der Waals surface area (Å²) in [6.07, 6.45) is 0. The Balaban J connectivity index is 1.52. The Morgan fingerprint density at radius 2 is 2.00 bits per heavy atom. The number of rotatable bonds is 8. The molecule has 0 radical (unpaired) electrons. The largest absolute Gasteiger partial charge is 0.497 e. The van der Waals surface area contributed by atoms with E-state index in [1.165, 1.54) is 23.1 Å². The molecule has 0 aliphatic rings. The molecule has 1 heterocycles. The summed E-state index contributed by atoms with van der Waals surface area (Å²) < 4.78 is 5.86. The van der Waals surface area contributed by atoms with Crippen LogP contribution in [0.1, 0.15) is 18.1 Å². The van der Waals surface area contributed by atoms with Gasteiger partial charge in [-0.1, -0.05) is 52.9 Å². The molecule has 0 aliphatic carbocycles. The molecule has 0 saturated heterocycles. The quantitative estimate of drug-likeness (QED) is 0.469. The summed E-state index contributed by atoms with van der Waals surface area (Å²) in [6, 6.07) is 13.3. The number of benzene rings is 2. The molecule has 2 N–H and O–H groups in total. The predicted molar refractivity (Wildman–Crippen MR) is 120 cm³/mol. The van der Waals surface area contributed by atoms with E-state index in [2.05, 4.69) is 20.8 Å². The number of aromatic nitrogens is 2. The summed E-state index contributed by atoms with van der Waals surface area (Å²) >= 11 is 8.93. The van der Waals surface area contributed by atoms with Crippen LogP contribution in [0.5, 0.6) is 5.75 Å². The van der Waals surface area contributed by atoms with E-state index in [9.17, 15) is 4.79 Å². The van der Waals surface area contributed by atoms with Gasteiger partial charge in [-0.25, -0.2) is 0 Å². The summed E-state index contributed by atoms with van der Waals surface area (Å²) in [4.78, 5) is 12.4. The van der Waals surface area contributed by atoms with E-state index in [0.717, 1.165) is 26.9 Å². The Kier molecular flexibility index (Phi) is 7.35. The van der Waals surface area contributed by atoms with E-state index >= 15 is 0 Å². The molecular weight excluding hydrogens is 428 g/mol. The molecule has 3 aromatic rings. The highest BCUT2D eigenvalue weighted by molar-refractivity contribution is 8.02. The Morgan fingerprint density at radius 1 is 1.24 bits per heavy atom. The topological polar surface area (TPSA) is 76.1 Å². The summed E-state index contributed by atoms with van der Waals surface area (Å²) in [6.45, 7) is 4.25. The lowest BCUT2D eigenvalue weighted by Crippen LogP contribution is -2.30. The van der Waals surface area contributed by atoms with Gasteiger partial charge in [0.05, 0.1) is 12.4 Å². The van der Waals surface area contributed by atoms with Crippen LogP contribution in [0.25, 0.3) is 0 Å². The zero-order chi connectivity index (χ0) is 20.8. The number of halogens is 1. The highest BCUT2D eigenvalue weighted by Gasteiger charge is 2.17.